The Morgan fingerprint density at radius 3 is 2.94 bits per heavy atom. The van der Waals surface area contributed by atoms with Crippen molar-refractivity contribution < 1.29 is 9.18 Å². The molecule has 1 unspecified atom stereocenters. The number of ketones is 1. The van der Waals surface area contributed by atoms with Gasteiger partial charge in [0.1, 0.15) is 5.82 Å². The Morgan fingerprint density at radius 1 is 1.62 bits per heavy atom. The van der Waals surface area contributed by atoms with Crippen molar-refractivity contribution >= 4 is 21.7 Å². The summed E-state index contributed by atoms with van der Waals surface area (Å²) in [7, 11) is 0. The first-order valence-electron chi connectivity index (χ1n) is 4.70. The van der Waals surface area contributed by atoms with Gasteiger partial charge in [0.2, 0.25) is 0 Å². The van der Waals surface area contributed by atoms with E-state index in [1.54, 1.807) is 6.07 Å². The first-order valence-corrected chi connectivity index (χ1v) is 5.49. The van der Waals surface area contributed by atoms with Crippen molar-refractivity contribution in [2.45, 2.75) is 18.9 Å². The van der Waals surface area contributed by atoms with E-state index in [1.807, 2.05) is 0 Å². The van der Waals surface area contributed by atoms with E-state index in [1.165, 1.54) is 12.1 Å². The van der Waals surface area contributed by atoms with Gasteiger partial charge in [-0.3, -0.25) is 4.79 Å². The molecular formula is C12H11BrFNO. The summed E-state index contributed by atoms with van der Waals surface area (Å²) in [4.78, 5) is 11.6. The first kappa shape index (κ1) is 12.9. The Labute approximate surface area is 102 Å². The molecule has 0 aliphatic carbocycles. The van der Waals surface area contributed by atoms with E-state index in [4.69, 9.17) is 12.2 Å². The van der Waals surface area contributed by atoms with Gasteiger partial charge in [0, 0.05) is 17.3 Å². The highest BCUT2D eigenvalue weighted by Crippen LogP contribution is 2.19. The lowest BCUT2D eigenvalue weighted by atomic mass is 10.0. The van der Waals surface area contributed by atoms with E-state index < -0.39 is 6.04 Å². The number of terminal acetylenes is 1. The highest BCUT2D eigenvalue weighted by atomic mass is 79.9. The van der Waals surface area contributed by atoms with Crippen LogP contribution in [0.4, 0.5) is 4.39 Å². The fourth-order valence-corrected chi connectivity index (χ4v) is 1.63. The minimum atomic E-state index is -0.680. The third kappa shape index (κ3) is 3.44. The van der Waals surface area contributed by atoms with Gasteiger partial charge in [0.05, 0.1) is 6.04 Å². The molecule has 0 fully saturated rings. The standard InChI is InChI=1S/C12H11BrFNO/c1-2-3-11(15)12(16)7-8-6-9(14)4-5-10(8)13/h1,4-6,11H,3,7,15H2. The predicted octanol–water partition coefficient (Wildman–Crippen LogP) is 2.05. The second kappa shape index (κ2) is 5.78. The van der Waals surface area contributed by atoms with Crippen molar-refractivity contribution in [1.82, 2.24) is 0 Å². The van der Waals surface area contributed by atoms with Crippen LogP contribution >= 0.6 is 15.9 Å². The molecule has 2 nitrogen and oxygen atoms in total. The fourth-order valence-electron chi connectivity index (χ4n) is 1.24. The maximum absolute atomic E-state index is 13.0. The molecule has 1 rings (SSSR count). The molecule has 0 amide bonds. The molecule has 0 bridgehead atoms. The summed E-state index contributed by atoms with van der Waals surface area (Å²) in [5.41, 5.74) is 6.14. The first-order chi connectivity index (χ1) is 7.54. The van der Waals surface area contributed by atoms with Gasteiger partial charge in [-0.1, -0.05) is 15.9 Å². The summed E-state index contributed by atoms with van der Waals surface area (Å²) in [6, 6.07) is 3.51. The smallest absolute Gasteiger partial charge is 0.154 e. The average molecular weight is 284 g/mol. The Hall–Kier alpha value is -1.18. The molecule has 2 N–H and O–H groups in total. The van der Waals surface area contributed by atoms with Gasteiger partial charge in [0.15, 0.2) is 5.78 Å². The Kier molecular flexibility index (Phi) is 4.66. The topological polar surface area (TPSA) is 43.1 Å². The third-order valence-corrected chi connectivity index (χ3v) is 2.90. The number of halogens is 2. The van der Waals surface area contributed by atoms with E-state index in [0.29, 0.717) is 10.0 Å². The fraction of sp³-hybridized carbons (Fsp3) is 0.250. The van der Waals surface area contributed by atoms with Crippen LogP contribution in [0.2, 0.25) is 0 Å². The molecule has 0 spiro atoms. The third-order valence-electron chi connectivity index (χ3n) is 2.12. The van der Waals surface area contributed by atoms with Crippen molar-refractivity contribution in [3.8, 4) is 12.3 Å². The van der Waals surface area contributed by atoms with Crippen LogP contribution < -0.4 is 5.73 Å². The van der Waals surface area contributed by atoms with Crippen LogP contribution in [-0.4, -0.2) is 11.8 Å². The molecule has 0 heterocycles. The largest absolute Gasteiger partial charge is 0.321 e. The Balaban J connectivity index is 2.77. The summed E-state index contributed by atoms with van der Waals surface area (Å²) in [6.07, 6.45) is 5.35. The zero-order valence-electron chi connectivity index (χ0n) is 8.54. The van der Waals surface area contributed by atoms with Gasteiger partial charge in [-0.05, 0) is 23.8 Å². The zero-order valence-corrected chi connectivity index (χ0v) is 10.1. The summed E-state index contributed by atoms with van der Waals surface area (Å²) in [5, 5.41) is 0. The van der Waals surface area contributed by atoms with Crippen LogP contribution in [0.1, 0.15) is 12.0 Å². The molecule has 16 heavy (non-hydrogen) atoms. The lowest BCUT2D eigenvalue weighted by molar-refractivity contribution is -0.119. The minimum Gasteiger partial charge on any atom is -0.321 e. The molecule has 4 heteroatoms. The van der Waals surface area contributed by atoms with E-state index in [0.717, 1.165) is 0 Å². The zero-order chi connectivity index (χ0) is 12.1. The Morgan fingerprint density at radius 2 is 2.31 bits per heavy atom. The van der Waals surface area contributed by atoms with Crippen molar-refractivity contribution in [3.05, 3.63) is 34.1 Å². The van der Waals surface area contributed by atoms with Crippen molar-refractivity contribution in [2.24, 2.45) is 5.73 Å². The lowest BCUT2D eigenvalue weighted by Crippen LogP contribution is -2.31. The molecule has 0 aliphatic heterocycles. The van der Waals surface area contributed by atoms with Gasteiger partial charge in [-0.2, -0.15) is 0 Å². The number of nitrogens with two attached hydrogens (primary N) is 1. The summed E-state index contributed by atoms with van der Waals surface area (Å²) in [6.45, 7) is 0. The molecule has 1 aromatic carbocycles. The van der Waals surface area contributed by atoms with Crippen LogP contribution in [0.3, 0.4) is 0 Å². The van der Waals surface area contributed by atoms with Crippen LogP contribution in [0.25, 0.3) is 0 Å². The molecule has 0 aliphatic rings. The monoisotopic (exact) mass is 283 g/mol. The number of hydrogen-bond acceptors (Lipinski definition) is 2. The minimum absolute atomic E-state index is 0.0845. The normalized spacial score (nSPS) is 11.9. The van der Waals surface area contributed by atoms with Crippen molar-refractivity contribution in [1.29, 1.82) is 0 Å². The number of rotatable bonds is 4. The molecule has 0 aromatic heterocycles. The van der Waals surface area contributed by atoms with Gasteiger partial charge >= 0.3 is 0 Å². The molecule has 0 radical (unpaired) electrons. The highest BCUT2D eigenvalue weighted by molar-refractivity contribution is 9.10. The summed E-state index contributed by atoms with van der Waals surface area (Å²) < 4.78 is 13.6. The van der Waals surface area contributed by atoms with Gasteiger partial charge < -0.3 is 5.73 Å². The van der Waals surface area contributed by atoms with Gasteiger partial charge in [-0.15, -0.1) is 12.3 Å². The number of Topliss-reactive ketones (excluding diaryl/α,β-unsaturated/α-hetero) is 1. The lowest BCUT2D eigenvalue weighted by Gasteiger charge is -2.08. The van der Waals surface area contributed by atoms with Gasteiger partial charge in [-0.25, -0.2) is 4.39 Å². The SMILES string of the molecule is C#CCC(N)C(=O)Cc1cc(F)ccc1Br. The van der Waals surface area contributed by atoms with Crippen LogP contribution in [0, 0.1) is 18.2 Å². The van der Waals surface area contributed by atoms with Crippen LogP contribution in [-0.2, 0) is 11.2 Å². The number of benzene rings is 1. The Bertz CT molecular complexity index is 439. The van der Waals surface area contributed by atoms with Crippen LogP contribution in [0.15, 0.2) is 22.7 Å². The number of carbonyl (C=O) groups is 1. The van der Waals surface area contributed by atoms with E-state index >= 15 is 0 Å². The average Bonchev–Trinajstić information content (AvgIpc) is 2.23. The molecular weight excluding hydrogens is 273 g/mol. The van der Waals surface area contributed by atoms with Gasteiger partial charge in [0.25, 0.3) is 0 Å². The van der Waals surface area contributed by atoms with Crippen molar-refractivity contribution in [3.63, 3.8) is 0 Å². The predicted molar refractivity (Wildman–Crippen MR) is 64.2 cm³/mol. The molecule has 0 saturated heterocycles. The molecule has 84 valence electrons. The second-order valence-electron chi connectivity index (χ2n) is 3.39. The summed E-state index contributed by atoms with van der Waals surface area (Å²) in [5.74, 6) is 1.76. The van der Waals surface area contributed by atoms with E-state index in [-0.39, 0.29) is 24.4 Å². The van der Waals surface area contributed by atoms with E-state index in [2.05, 4.69) is 21.9 Å². The quantitative estimate of drug-likeness (QED) is 0.860. The van der Waals surface area contributed by atoms with Crippen LogP contribution in [0.5, 0.6) is 0 Å². The maximum Gasteiger partial charge on any atom is 0.154 e. The maximum atomic E-state index is 13.0. The van der Waals surface area contributed by atoms with Crippen molar-refractivity contribution in [2.75, 3.05) is 0 Å². The second-order valence-corrected chi connectivity index (χ2v) is 4.25. The molecule has 1 aromatic rings. The highest BCUT2D eigenvalue weighted by Gasteiger charge is 2.14. The summed E-state index contributed by atoms with van der Waals surface area (Å²) >= 11 is 3.25. The molecule has 0 saturated carbocycles. The number of carbonyl (C=O) groups excluding carboxylic acids is 1. The number of hydrogen-bond donors (Lipinski definition) is 1. The molecule has 1 atom stereocenters. The van der Waals surface area contributed by atoms with E-state index in [9.17, 15) is 9.18 Å².